The molecule has 0 unspecified atom stereocenters. The highest BCUT2D eigenvalue weighted by atomic mass is 32.1. The average Bonchev–Trinajstić information content (AvgIpc) is 2.78. The van der Waals surface area contributed by atoms with Gasteiger partial charge in [0, 0.05) is 0 Å². The zero-order valence-corrected chi connectivity index (χ0v) is 16.9. The molecule has 150 valence electrons. The lowest BCUT2D eigenvalue weighted by atomic mass is 10.1. The van der Waals surface area contributed by atoms with Gasteiger partial charge in [0.2, 0.25) is 0 Å². The van der Waals surface area contributed by atoms with Gasteiger partial charge >= 0.3 is 0 Å². The van der Waals surface area contributed by atoms with Gasteiger partial charge in [-0.25, -0.2) is 0 Å². The average molecular weight is 425 g/mol. The number of rotatable bonds is 4. The molecule has 1 N–H and O–H groups in total. The fraction of sp³-hybridized carbons (Fsp3) is 0. The van der Waals surface area contributed by atoms with Crippen molar-refractivity contribution in [1.29, 1.82) is 5.26 Å². The van der Waals surface area contributed by atoms with Crippen LogP contribution in [0, 0.1) is 11.3 Å². The topological polar surface area (TPSA) is 82.4 Å². The van der Waals surface area contributed by atoms with Crippen molar-refractivity contribution in [3.05, 3.63) is 95.6 Å². The van der Waals surface area contributed by atoms with Crippen LogP contribution < -0.4 is 15.0 Å². The van der Waals surface area contributed by atoms with Crippen molar-refractivity contribution >= 4 is 40.9 Å². The highest BCUT2D eigenvalue weighted by Crippen LogP contribution is 2.27. The van der Waals surface area contributed by atoms with Crippen molar-refractivity contribution in [2.45, 2.75) is 0 Å². The Balaban J connectivity index is 1.61. The number of hydrogen-bond acceptors (Lipinski definition) is 5. The fourth-order valence-corrected chi connectivity index (χ4v) is 3.33. The Hall–Kier alpha value is -4.28. The van der Waals surface area contributed by atoms with Crippen molar-refractivity contribution in [2.75, 3.05) is 4.90 Å². The Morgan fingerprint density at radius 1 is 0.935 bits per heavy atom. The number of nitrogens with zero attached hydrogens (tertiary/aromatic N) is 2. The molecule has 6 nitrogen and oxygen atoms in total. The number of hydrogen-bond donors (Lipinski definition) is 1. The lowest BCUT2D eigenvalue weighted by Crippen LogP contribution is -2.54. The predicted molar refractivity (Wildman–Crippen MR) is 120 cm³/mol. The minimum absolute atomic E-state index is 0.00495. The van der Waals surface area contributed by atoms with E-state index in [1.54, 1.807) is 48.5 Å². The first-order valence-corrected chi connectivity index (χ1v) is 9.70. The maximum atomic E-state index is 13.1. The van der Waals surface area contributed by atoms with Crippen LogP contribution in [0.1, 0.15) is 11.1 Å². The van der Waals surface area contributed by atoms with Crippen LogP contribution in [-0.2, 0) is 9.59 Å². The molecule has 1 aliphatic heterocycles. The highest BCUT2D eigenvalue weighted by molar-refractivity contribution is 7.80. The van der Waals surface area contributed by atoms with Crippen LogP contribution in [-0.4, -0.2) is 16.9 Å². The maximum absolute atomic E-state index is 13.1. The first-order chi connectivity index (χ1) is 15.0. The first kappa shape index (κ1) is 20.0. The Kier molecular flexibility index (Phi) is 5.56. The summed E-state index contributed by atoms with van der Waals surface area (Å²) in [6, 6.07) is 24.8. The van der Waals surface area contributed by atoms with Gasteiger partial charge in [-0.2, -0.15) is 5.26 Å². The zero-order valence-electron chi connectivity index (χ0n) is 16.1. The van der Waals surface area contributed by atoms with E-state index in [2.05, 4.69) is 5.32 Å². The molecule has 31 heavy (non-hydrogen) atoms. The minimum atomic E-state index is -0.586. The summed E-state index contributed by atoms with van der Waals surface area (Å²) in [5, 5.41) is 11.6. The molecule has 0 aromatic heterocycles. The maximum Gasteiger partial charge on any atom is 0.270 e. The molecule has 4 rings (SSSR count). The van der Waals surface area contributed by atoms with Gasteiger partial charge in [0.25, 0.3) is 11.8 Å². The molecule has 0 atom stereocenters. The van der Waals surface area contributed by atoms with E-state index in [9.17, 15) is 9.59 Å². The van der Waals surface area contributed by atoms with Crippen LogP contribution in [0.15, 0.2) is 84.4 Å². The molecule has 0 aliphatic carbocycles. The summed E-state index contributed by atoms with van der Waals surface area (Å²) in [6.45, 7) is 0. The van der Waals surface area contributed by atoms with E-state index in [4.69, 9.17) is 22.2 Å². The van der Waals surface area contributed by atoms with E-state index >= 15 is 0 Å². The number of carbonyl (C=O) groups is 2. The number of thiocarbonyl (C=S) groups is 1. The molecular formula is C24H15N3O3S. The van der Waals surface area contributed by atoms with E-state index in [0.29, 0.717) is 28.3 Å². The second kappa shape index (κ2) is 8.61. The third-order valence-corrected chi connectivity index (χ3v) is 4.79. The van der Waals surface area contributed by atoms with Crippen LogP contribution >= 0.6 is 12.2 Å². The fourth-order valence-electron chi connectivity index (χ4n) is 3.04. The summed E-state index contributed by atoms with van der Waals surface area (Å²) in [6.07, 6.45) is 1.44. The standard InChI is InChI=1S/C24H15N3O3S/c25-15-17-6-4-5-16(13-17)14-21-22(28)26-24(31)27(23(21)29)18-9-11-20(12-10-18)30-19-7-2-1-3-8-19/h1-14H,(H,26,28,31). The molecule has 0 spiro atoms. The first-order valence-electron chi connectivity index (χ1n) is 9.30. The largest absolute Gasteiger partial charge is 0.457 e. The number of amides is 2. The number of carbonyl (C=O) groups excluding carboxylic acids is 2. The Morgan fingerprint density at radius 2 is 1.65 bits per heavy atom. The third-order valence-electron chi connectivity index (χ3n) is 4.50. The molecule has 1 aliphatic rings. The van der Waals surface area contributed by atoms with Crippen LogP contribution in [0.5, 0.6) is 11.5 Å². The van der Waals surface area contributed by atoms with Crippen LogP contribution in [0.4, 0.5) is 5.69 Å². The second-order valence-electron chi connectivity index (χ2n) is 6.60. The van der Waals surface area contributed by atoms with Gasteiger partial charge in [0.15, 0.2) is 5.11 Å². The van der Waals surface area contributed by atoms with Gasteiger partial charge < -0.3 is 4.74 Å². The Labute approximate surface area is 184 Å². The quantitative estimate of drug-likeness (QED) is 0.385. The molecule has 0 bridgehead atoms. The van der Waals surface area contributed by atoms with E-state index in [1.165, 1.54) is 11.0 Å². The van der Waals surface area contributed by atoms with Crippen LogP contribution in [0.3, 0.4) is 0 Å². The van der Waals surface area contributed by atoms with Crippen molar-refractivity contribution in [2.24, 2.45) is 0 Å². The monoisotopic (exact) mass is 425 g/mol. The number of anilines is 1. The van der Waals surface area contributed by atoms with Crippen molar-refractivity contribution in [1.82, 2.24) is 5.32 Å². The number of ether oxygens (including phenoxy) is 1. The smallest absolute Gasteiger partial charge is 0.270 e. The van der Waals surface area contributed by atoms with Crippen LogP contribution in [0.2, 0.25) is 0 Å². The number of benzene rings is 3. The van der Waals surface area contributed by atoms with Crippen molar-refractivity contribution in [3.63, 3.8) is 0 Å². The summed E-state index contributed by atoms with van der Waals surface area (Å²) >= 11 is 5.23. The lowest BCUT2D eigenvalue weighted by Gasteiger charge is -2.29. The Morgan fingerprint density at radius 3 is 2.35 bits per heavy atom. The molecule has 1 fully saturated rings. The molecule has 1 saturated heterocycles. The molecule has 1 heterocycles. The number of nitriles is 1. The molecule has 2 amide bonds. The van der Waals surface area contributed by atoms with E-state index in [0.717, 1.165) is 0 Å². The summed E-state index contributed by atoms with van der Waals surface area (Å²) < 4.78 is 5.77. The van der Waals surface area contributed by atoms with Gasteiger partial charge in [-0.1, -0.05) is 30.3 Å². The van der Waals surface area contributed by atoms with Crippen molar-refractivity contribution < 1.29 is 14.3 Å². The molecule has 0 radical (unpaired) electrons. The summed E-state index contributed by atoms with van der Waals surface area (Å²) in [7, 11) is 0. The van der Waals surface area contributed by atoms with Gasteiger partial charge in [0.05, 0.1) is 17.3 Å². The Bertz CT molecular complexity index is 1250. The third kappa shape index (κ3) is 4.34. The molecular weight excluding hydrogens is 410 g/mol. The normalized spacial score (nSPS) is 14.9. The second-order valence-corrected chi connectivity index (χ2v) is 6.99. The molecule has 3 aromatic rings. The van der Waals surface area contributed by atoms with Gasteiger partial charge in [-0.15, -0.1) is 0 Å². The highest BCUT2D eigenvalue weighted by Gasteiger charge is 2.34. The predicted octanol–water partition coefficient (Wildman–Crippen LogP) is 4.18. The van der Waals surface area contributed by atoms with Crippen LogP contribution in [0.25, 0.3) is 6.08 Å². The van der Waals surface area contributed by atoms with Gasteiger partial charge in [0.1, 0.15) is 17.1 Å². The SMILES string of the molecule is N#Cc1cccc(C=C2C(=O)NC(=S)N(c3ccc(Oc4ccccc4)cc3)C2=O)c1. The number of nitrogens with one attached hydrogen (secondary N) is 1. The molecule has 0 saturated carbocycles. The number of para-hydroxylation sites is 1. The summed E-state index contributed by atoms with van der Waals surface area (Å²) in [4.78, 5) is 26.8. The minimum Gasteiger partial charge on any atom is -0.457 e. The van der Waals surface area contributed by atoms with Gasteiger partial charge in [-0.3, -0.25) is 19.8 Å². The summed E-state index contributed by atoms with van der Waals surface area (Å²) in [5.41, 5.74) is 1.41. The van der Waals surface area contributed by atoms with E-state index < -0.39 is 11.8 Å². The zero-order chi connectivity index (χ0) is 21.8. The van der Waals surface area contributed by atoms with Gasteiger partial charge in [-0.05, 0) is 72.4 Å². The summed E-state index contributed by atoms with van der Waals surface area (Å²) in [5.74, 6) is 0.154. The molecule has 7 heteroatoms. The van der Waals surface area contributed by atoms with E-state index in [-0.39, 0.29) is 10.7 Å². The molecule has 3 aromatic carbocycles. The van der Waals surface area contributed by atoms with E-state index in [1.807, 2.05) is 36.4 Å². The van der Waals surface area contributed by atoms with Crippen molar-refractivity contribution in [3.8, 4) is 17.6 Å². The lowest BCUT2D eigenvalue weighted by molar-refractivity contribution is -0.122.